The summed E-state index contributed by atoms with van der Waals surface area (Å²) in [5.74, 6) is 0.306. The molecule has 1 amide bonds. The normalized spacial score (nSPS) is 24.1. The predicted molar refractivity (Wildman–Crippen MR) is 127 cm³/mol. The molecule has 3 aliphatic heterocycles. The van der Waals surface area contributed by atoms with E-state index in [9.17, 15) is 4.79 Å². The molecule has 1 atom stereocenters. The summed E-state index contributed by atoms with van der Waals surface area (Å²) >= 11 is 0. The summed E-state index contributed by atoms with van der Waals surface area (Å²) in [7, 11) is 2.13. The molecule has 0 radical (unpaired) electrons. The van der Waals surface area contributed by atoms with Crippen molar-refractivity contribution >= 4 is 11.6 Å². The molecule has 0 N–H and O–H groups in total. The van der Waals surface area contributed by atoms with Gasteiger partial charge in [-0.1, -0.05) is 36.4 Å². The number of carbonyl (C=O) groups excluding carboxylic acids is 1. The van der Waals surface area contributed by atoms with E-state index in [2.05, 4.69) is 72.6 Å². The highest BCUT2D eigenvalue weighted by Gasteiger charge is 2.58. The monoisotopic (exact) mass is 444 g/mol. The first kappa shape index (κ1) is 20.8. The van der Waals surface area contributed by atoms with Crippen molar-refractivity contribution in [3.8, 4) is 0 Å². The van der Waals surface area contributed by atoms with E-state index in [1.165, 1.54) is 11.3 Å². The van der Waals surface area contributed by atoms with Gasteiger partial charge in [0.05, 0.1) is 17.6 Å². The van der Waals surface area contributed by atoms with Crippen LogP contribution in [0.15, 0.2) is 60.9 Å². The van der Waals surface area contributed by atoms with Crippen LogP contribution in [0.25, 0.3) is 5.65 Å². The third-order valence-corrected chi connectivity index (χ3v) is 7.89. The number of hydrogen-bond donors (Lipinski definition) is 0. The van der Waals surface area contributed by atoms with Crippen LogP contribution < -0.4 is 0 Å². The predicted octanol–water partition coefficient (Wildman–Crippen LogP) is 2.28. The number of aromatic nitrogens is 2. The number of likely N-dealkylation sites (tertiary alicyclic amines) is 1. The Hall–Kier alpha value is -2.74. The van der Waals surface area contributed by atoms with Crippen LogP contribution in [0.4, 0.5) is 0 Å². The Bertz CT molecular complexity index is 1140. The van der Waals surface area contributed by atoms with E-state index in [1.54, 1.807) is 0 Å². The average molecular weight is 445 g/mol. The lowest BCUT2D eigenvalue weighted by Gasteiger charge is -2.50. The Labute approximate surface area is 195 Å². The minimum atomic E-state index is -0.172. The number of imidazole rings is 1. The van der Waals surface area contributed by atoms with Gasteiger partial charge in [0.25, 0.3) is 0 Å². The van der Waals surface area contributed by atoms with E-state index < -0.39 is 0 Å². The molecular formula is C26H32N6O. The maximum Gasteiger partial charge on any atom is 0.243 e. The minimum Gasteiger partial charge on any atom is -0.318 e. The number of fused-ring (bicyclic) bond motifs is 3. The Kier molecular flexibility index (Phi) is 5.20. The molecule has 2 aromatic heterocycles. The van der Waals surface area contributed by atoms with Crippen LogP contribution in [0, 0.1) is 0 Å². The first-order chi connectivity index (χ1) is 16.1. The summed E-state index contributed by atoms with van der Waals surface area (Å²) in [5.41, 5.74) is 3.26. The second-order valence-electron chi connectivity index (χ2n) is 9.82. The topological polar surface area (TPSA) is 47.3 Å². The van der Waals surface area contributed by atoms with Crippen LogP contribution in [0.5, 0.6) is 0 Å². The minimum absolute atomic E-state index is 0.0159. The van der Waals surface area contributed by atoms with E-state index in [0.717, 1.165) is 57.8 Å². The maximum absolute atomic E-state index is 13.7. The number of nitrogens with zero attached hydrogens (tertiary/aromatic N) is 6. The second kappa shape index (κ2) is 8.24. The standard InChI is InChI=1S/C26H32N6O/c1-28-15-16-31-23(20-28)25(33)32(18-21-7-3-2-4-8-21)26(31)10-13-29(14-11-26)19-22-17-27-24-9-5-6-12-30(22)24/h2-9,12,17,23H,10-11,13-16,18-20H2,1H3/t23-/m1/s1. The molecule has 0 unspecified atom stereocenters. The zero-order valence-corrected chi connectivity index (χ0v) is 19.3. The Morgan fingerprint density at radius 1 is 0.970 bits per heavy atom. The van der Waals surface area contributed by atoms with E-state index >= 15 is 0 Å². The first-order valence-corrected chi connectivity index (χ1v) is 12.1. The van der Waals surface area contributed by atoms with Crippen molar-refractivity contribution in [3.63, 3.8) is 0 Å². The Morgan fingerprint density at radius 2 is 1.76 bits per heavy atom. The molecule has 3 fully saturated rings. The van der Waals surface area contributed by atoms with Crippen LogP contribution in [0.1, 0.15) is 24.1 Å². The molecule has 33 heavy (non-hydrogen) atoms. The molecule has 172 valence electrons. The van der Waals surface area contributed by atoms with Gasteiger partial charge in [-0.2, -0.15) is 0 Å². The lowest BCUT2D eigenvalue weighted by Crippen LogP contribution is -2.63. The van der Waals surface area contributed by atoms with Crippen molar-refractivity contribution < 1.29 is 4.79 Å². The molecular weight excluding hydrogens is 412 g/mol. The van der Waals surface area contributed by atoms with Crippen LogP contribution in [-0.2, 0) is 17.9 Å². The van der Waals surface area contributed by atoms with Crippen LogP contribution in [0.3, 0.4) is 0 Å². The highest BCUT2D eigenvalue weighted by molar-refractivity contribution is 5.85. The van der Waals surface area contributed by atoms with Gasteiger partial charge in [0, 0.05) is 52.0 Å². The van der Waals surface area contributed by atoms with Gasteiger partial charge in [0.15, 0.2) is 0 Å². The third-order valence-electron chi connectivity index (χ3n) is 7.89. The van der Waals surface area contributed by atoms with E-state index in [1.807, 2.05) is 24.4 Å². The van der Waals surface area contributed by atoms with E-state index in [4.69, 9.17) is 0 Å². The molecule has 5 heterocycles. The second-order valence-corrected chi connectivity index (χ2v) is 9.82. The van der Waals surface area contributed by atoms with Gasteiger partial charge in [0.2, 0.25) is 5.91 Å². The molecule has 1 spiro atoms. The van der Waals surface area contributed by atoms with Gasteiger partial charge < -0.3 is 14.2 Å². The number of pyridine rings is 1. The molecule has 3 aromatic rings. The van der Waals surface area contributed by atoms with Gasteiger partial charge in [-0.3, -0.25) is 14.6 Å². The van der Waals surface area contributed by atoms with Gasteiger partial charge in [0.1, 0.15) is 11.7 Å². The molecule has 0 aliphatic carbocycles. The summed E-state index contributed by atoms with van der Waals surface area (Å²) in [4.78, 5) is 27.8. The largest absolute Gasteiger partial charge is 0.318 e. The van der Waals surface area contributed by atoms with Gasteiger partial charge in [-0.25, -0.2) is 4.98 Å². The zero-order valence-electron chi connectivity index (χ0n) is 19.3. The Balaban J connectivity index is 1.24. The highest BCUT2D eigenvalue weighted by atomic mass is 16.2. The van der Waals surface area contributed by atoms with Crippen molar-refractivity contribution in [2.75, 3.05) is 39.8 Å². The molecule has 3 aliphatic rings. The van der Waals surface area contributed by atoms with Crippen molar-refractivity contribution in [2.45, 2.75) is 37.6 Å². The lowest BCUT2D eigenvalue weighted by molar-refractivity contribution is -0.135. The summed E-state index contributed by atoms with van der Waals surface area (Å²) < 4.78 is 2.18. The van der Waals surface area contributed by atoms with Crippen LogP contribution in [0.2, 0.25) is 0 Å². The van der Waals surface area contributed by atoms with Gasteiger partial charge >= 0.3 is 0 Å². The first-order valence-electron chi connectivity index (χ1n) is 12.1. The molecule has 7 nitrogen and oxygen atoms in total. The molecule has 7 heteroatoms. The maximum atomic E-state index is 13.7. The quantitative estimate of drug-likeness (QED) is 0.618. The van der Waals surface area contributed by atoms with E-state index in [-0.39, 0.29) is 11.7 Å². The summed E-state index contributed by atoms with van der Waals surface area (Å²) in [5, 5.41) is 0. The lowest BCUT2D eigenvalue weighted by atomic mass is 9.93. The van der Waals surface area contributed by atoms with Gasteiger partial charge in [-0.05, 0) is 37.6 Å². The number of carbonyl (C=O) groups is 1. The fraction of sp³-hybridized carbons (Fsp3) is 0.462. The smallest absolute Gasteiger partial charge is 0.243 e. The fourth-order valence-electron chi connectivity index (χ4n) is 6.12. The van der Waals surface area contributed by atoms with Crippen molar-refractivity contribution in [3.05, 3.63) is 72.2 Å². The van der Waals surface area contributed by atoms with Crippen molar-refractivity contribution in [1.82, 2.24) is 29.0 Å². The number of amides is 1. The molecule has 0 saturated carbocycles. The number of hydrogen-bond acceptors (Lipinski definition) is 5. The average Bonchev–Trinajstić information content (AvgIpc) is 3.34. The number of benzene rings is 1. The van der Waals surface area contributed by atoms with Crippen LogP contribution >= 0.6 is 0 Å². The fourth-order valence-corrected chi connectivity index (χ4v) is 6.12. The number of rotatable bonds is 4. The Morgan fingerprint density at radius 3 is 2.58 bits per heavy atom. The summed E-state index contributed by atoms with van der Waals surface area (Å²) in [6, 6.07) is 16.6. The SMILES string of the molecule is CN1CCN2[C@H](C1)C(=O)N(Cc1ccccc1)C21CCN(Cc2cnc3ccccn23)CC1. The van der Waals surface area contributed by atoms with Crippen molar-refractivity contribution in [2.24, 2.45) is 0 Å². The molecule has 3 saturated heterocycles. The third kappa shape index (κ3) is 3.55. The summed E-state index contributed by atoms with van der Waals surface area (Å²) in [6.07, 6.45) is 6.07. The molecule has 1 aromatic carbocycles. The highest BCUT2D eigenvalue weighted by Crippen LogP contribution is 2.42. The zero-order chi connectivity index (χ0) is 22.4. The summed E-state index contributed by atoms with van der Waals surface area (Å²) in [6.45, 7) is 6.37. The van der Waals surface area contributed by atoms with Crippen LogP contribution in [-0.4, -0.2) is 86.4 Å². The van der Waals surface area contributed by atoms with Crippen molar-refractivity contribution in [1.29, 1.82) is 0 Å². The number of likely N-dealkylation sites (N-methyl/N-ethyl adjacent to an activating group) is 1. The number of piperazine rings is 1. The molecule has 6 rings (SSSR count). The van der Waals surface area contributed by atoms with Gasteiger partial charge in [-0.15, -0.1) is 0 Å². The van der Waals surface area contributed by atoms with E-state index in [0.29, 0.717) is 12.5 Å². The number of piperidine rings is 1. The molecule has 0 bridgehead atoms.